The molecule has 1 aromatic carbocycles. The lowest BCUT2D eigenvalue weighted by Gasteiger charge is -2.31. The molecule has 172 valence electrons. The van der Waals surface area contributed by atoms with Gasteiger partial charge in [-0.15, -0.1) is 0 Å². The van der Waals surface area contributed by atoms with Gasteiger partial charge in [-0.05, 0) is 80.1 Å². The lowest BCUT2D eigenvalue weighted by Crippen LogP contribution is -2.44. The highest BCUT2D eigenvalue weighted by atomic mass is 79.9. The fraction of sp³-hybridized carbons (Fsp3) is 0.231. The molecule has 0 saturated heterocycles. The molecule has 1 aliphatic rings. The first-order valence-electron chi connectivity index (χ1n) is 10.8. The van der Waals surface area contributed by atoms with Crippen molar-refractivity contribution < 1.29 is 9.53 Å². The fourth-order valence-corrected chi connectivity index (χ4v) is 5.41. The van der Waals surface area contributed by atoms with E-state index in [-0.39, 0.29) is 5.57 Å². The number of carbonyl (C=O) groups is 1. The molecule has 34 heavy (non-hydrogen) atoms. The Hall–Kier alpha value is -3.02. The molecular weight excluding hydrogens is 560 g/mol. The summed E-state index contributed by atoms with van der Waals surface area (Å²) in [5, 5.41) is 12.9. The van der Waals surface area contributed by atoms with E-state index in [1.807, 2.05) is 48.5 Å². The Morgan fingerprint density at radius 1 is 1.18 bits per heavy atom. The molecule has 1 fully saturated rings. The van der Waals surface area contributed by atoms with Crippen molar-refractivity contribution in [3.63, 3.8) is 0 Å². The summed E-state index contributed by atoms with van der Waals surface area (Å²) in [6.45, 7) is 0. The largest absolute Gasteiger partial charge is 0.481 e. The van der Waals surface area contributed by atoms with Crippen LogP contribution in [0.3, 0.4) is 0 Å². The van der Waals surface area contributed by atoms with E-state index in [2.05, 4.69) is 47.1 Å². The Kier molecular flexibility index (Phi) is 7.44. The van der Waals surface area contributed by atoms with Crippen LogP contribution in [0.15, 0.2) is 69.4 Å². The molecule has 3 aromatic rings. The standard InChI is InChI=1S/C26H22Br2N4O2/c1-34-25-21(5-4-12-30-25)17-6-8-19(9-7-17)26(10-2-3-11-26)32-24(33)18(15-29)13-23-22(28)14-20(27)16-31-23/h4-9,12-14,16H,2-3,10-11H2,1H3,(H,32,33)/b18-13+. The van der Waals surface area contributed by atoms with Gasteiger partial charge in [-0.2, -0.15) is 5.26 Å². The van der Waals surface area contributed by atoms with Crippen LogP contribution in [-0.4, -0.2) is 23.0 Å². The first kappa shape index (κ1) is 24.1. The van der Waals surface area contributed by atoms with E-state index in [1.165, 1.54) is 6.08 Å². The number of nitriles is 1. The van der Waals surface area contributed by atoms with Crippen molar-refractivity contribution in [2.24, 2.45) is 0 Å². The van der Waals surface area contributed by atoms with Crippen LogP contribution in [0, 0.1) is 11.3 Å². The Bertz CT molecular complexity index is 1280. The summed E-state index contributed by atoms with van der Waals surface area (Å²) in [6.07, 6.45) is 8.46. The van der Waals surface area contributed by atoms with E-state index in [0.717, 1.165) is 46.8 Å². The molecule has 0 unspecified atom stereocenters. The number of aromatic nitrogens is 2. The van der Waals surface area contributed by atoms with Crippen molar-refractivity contribution in [2.45, 2.75) is 31.2 Å². The van der Waals surface area contributed by atoms with Crippen LogP contribution in [0.5, 0.6) is 5.88 Å². The normalized spacial score (nSPS) is 14.9. The molecular formula is C26H22Br2N4O2. The van der Waals surface area contributed by atoms with E-state index in [0.29, 0.717) is 16.0 Å². The average Bonchev–Trinajstić information content (AvgIpc) is 3.33. The summed E-state index contributed by atoms with van der Waals surface area (Å²) >= 11 is 6.79. The van der Waals surface area contributed by atoms with E-state index in [9.17, 15) is 10.1 Å². The highest BCUT2D eigenvalue weighted by Crippen LogP contribution is 2.40. The zero-order valence-corrected chi connectivity index (χ0v) is 21.7. The Labute approximate surface area is 215 Å². The van der Waals surface area contributed by atoms with Gasteiger partial charge in [0.25, 0.3) is 5.91 Å². The van der Waals surface area contributed by atoms with Crippen molar-refractivity contribution in [2.75, 3.05) is 7.11 Å². The van der Waals surface area contributed by atoms with Gasteiger partial charge in [-0.1, -0.05) is 37.1 Å². The molecule has 0 radical (unpaired) electrons. The molecule has 4 rings (SSSR count). The fourth-order valence-electron chi connectivity index (χ4n) is 4.31. The number of pyridine rings is 2. The molecule has 0 bridgehead atoms. The summed E-state index contributed by atoms with van der Waals surface area (Å²) in [5.74, 6) is 0.162. The van der Waals surface area contributed by atoms with Crippen LogP contribution >= 0.6 is 31.9 Å². The maximum absolute atomic E-state index is 13.2. The quantitative estimate of drug-likeness (QED) is 0.278. The molecule has 6 nitrogen and oxygen atoms in total. The second kappa shape index (κ2) is 10.5. The van der Waals surface area contributed by atoms with Gasteiger partial charge in [0.2, 0.25) is 5.88 Å². The third kappa shape index (κ3) is 5.06. The minimum absolute atomic E-state index is 0.0125. The number of halogens is 2. The average molecular weight is 582 g/mol. The van der Waals surface area contributed by atoms with Crippen LogP contribution in [0.25, 0.3) is 17.2 Å². The highest BCUT2D eigenvalue weighted by molar-refractivity contribution is 9.11. The molecule has 0 atom stereocenters. The van der Waals surface area contributed by atoms with Gasteiger partial charge in [0.15, 0.2) is 0 Å². The molecule has 0 aliphatic heterocycles. The van der Waals surface area contributed by atoms with E-state index >= 15 is 0 Å². The Morgan fingerprint density at radius 2 is 1.91 bits per heavy atom. The number of nitrogens with zero attached hydrogens (tertiary/aromatic N) is 3. The van der Waals surface area contributed by atoms with Gasteiger partial charge >= 0.3 is 0 Å². The van der Waals surface area contributed by atoms with E-state index in [1.54, 1.807) is 19.5 Å². The van der Waals surface area contributed by atoms with Crippen molar-refractivity contribution in [3.8, 4) is 23.1 Å². The van der Waals surface area contributed by atoms with Crippen LogP contribution in [0.1, 0.15) is 36.9 Å². The second-order valence-corrected chi connectivity index (χ2v) is 9.84. The van der Waals surface area contributed by atoms with Crippen LogP contribution < -0.4 is 10.1 Å². The summed E-state index contributed by atoms with van der Waals surface area (Å²) < 4.78 is 6.89. The van der Waals surface area contributed by atoms with Gasteiger partial charge < -0.3 is 10.1 Å². The smallest absolute Gasteiger partial charge is 0.262 e. The number of methoxy groups -OCH3 is 1. The van der Waals surface area contributed by atoms with Crippen LogP contribution in [0.2, 0.25) is 0 Å². The number of amides is 1. The van der Waals surface area contributed by atoms with Crippen molar-refractivity contribution in [1.82, 2.24) is 15.3 Å². The molecule has 8 heteroatoms. The number of nitrogens with one attached hydrogen (secondary N) is 1. The Morgan fingerprint density at radius 3 is 2.56 bits per heavy atom. The van der Waals surface area contributed by atoms with Gasteiger partial charge in [0, 0.05) is 26.9 Å². The minimum atomic E-state index is -0.519. The maximum atomic E-state index is 13.2. The summed E-state index contributed by atoms with van der Waals surface area (Å²) in [6, 6.07) is 15.8. The predicted octanol–water partition coefficient (Wildman–Crippen LogP) is 6.17. The lowest BCUT2D eigenvalue weighted by atomic mass is 9.86. The molecule has 2 aromatic heterocycles. The molecule has 1 aliphatic carbocycles. The number of carbonyl (C=O) groups excluding carboxylic acids is 1. The maximum Gasteiger partial charge on any atom is 0.262 e. The Balaban J connectivity index is 1.62. The third-order valence-electron chi connectivity index (χ3n) is 6.01. The number of hydrogen-bond donors (Lipinski definition) is 1. The first-order chi connectivity index (χ1) is 16.5. The molecule has 0 spiro atoms. The SMILES string of the molecule is COc1ncccc1-c1ccc(C2(NC(=O)/C(C#N)=C/c3ncc(Br)cc3Br)CCCC2)cc1. The second-order valence-electron chi connectivity index (χ2n) is 8.07. The summed E-state index contributed by atoms with van der Waals surface area (Å²) in [5.41, 5.74) is 2.92. The van der Waals surface area contributed by atoms with Crippen LogP contribution in [-0.2, 0) is 10.3 Å². The van der Waals surface area contributed by atoms with Gasteiger partial charge in [-0.3, -0.25) is 9.78 Å². The van der Waals surface area contributed by atoms with Gasteiger partial charge in [-0.25, -0.2) is 4.98 Å². The van der Waals surface area contributed by atoms with E-state index < -0.39 is 11.4 Å². The zero-order chi connectivity index (χ0) is 24.1. The summed E-state index contributed by atoms with van der Waals surface area (Å²) in [4.78, 5) is 21.7. The minimum Gasteiger partial charge on any atom is -0.481 e. The molecule has 1 amide bonds. The molecule has 2 heterocycles. The topological polar surface area (TPSA) is 87.9 Å². The highest BCUT2D eigenvalue weighted by Gasteiger charge is 2.37. The first-order valence-corrected chi connectivity index (χ1v) is 12.4. The number of ether oxygens (including phenoxy) is 1. The number of rotatable bonds is 6. The number of hydrogen-bond acceptors (Lipinski definition) is 5. The van der Waals surface area contributed by atoms with Crippen molar-refractivity contribution >= 4 is 43.8 Å². The van der Waals surface area contributed by atoms with Crippen molar-refractivity contribution in [1.29, 1.82) is 5.26 Å². The molecule has 1 N–H and O–H groups in total. The van der Waals surface area contributed by atoms with Gasteiger partial charge in [0.05, 0.1) is 18.3 Å². The van der Waals surface area contributed by atoms with E-state index in [4.69, 9.17) is 4.74 Å². The lowest BCUT2D eigenvalue weighted by molar-refractivity contribution is -0.119. The van der Waals surface area contributed by atoms with Gasteiger partial charge in [0.1, 0.15) is 11.6 Å². The monoisotopic (exact) mass is 580 g/mol. The van der Waals surface area contributed by atoms with Crippen molar-refractivity contribution in [3.05, 3.63) is 80.6 Å². The summed E-state index contributed by atoms with van der Waals surface area (Å²) in [7, 11) is 1.60. The zero-order valence-electron chi connectivity index (χ0n) is 18.5. The molecule has 1 saturated carbocycles. The third-order valence-corrected chi connectivity index (χ3v) is 7.07. The number of benzene rings is 1. The van der Waals surface area contributed by atoms with Crippen LogP contribution in [0.4, 0.5) is 0 Å². The predicted molar refractivity (Wildman–Crippen MR) is 138 cm³/mol.